The van der Waals surface area contributed by atoms with Gasteiger partial charge in [0.2, 0.25) is 0 Å². The molecule has 4 heteroatoms. The van der Waals surface area contributed by atoms with Gasteiger partial charge in [-0.2, -0.15) is 0 Å². The second-order valence-electron chi connectivity index (χ2n) is 9.16. The highest BCUT2D eigenvalue weighted by Gasteiger charge is 2.36. The van der Waals surface area contributed by atoms with Crippen LogP contribution in [-0.2, 0) is 9.59 Å². The number of carbonyl (C=O) groups is 2. The zero-order valence-corrected chi connectivity index (χ0v) is 20.2. The Morgan fingerprint density at radius 3 is 1.09 bits per heavy atom. The molecule has 0 bridgehead atoms. The summed E-state index contributed by atoms with van der Waals surface area (Å²) in [5, 5.41) is 0. The van der Waals surface area contributed by atoms with Gasteiger partial charge < -0.3 is 9.80 Å². The minimum Gasteiger partial charge on any atom is -0.311 e. The Hall–Kier alpha value is -3.40. The lowest BCUT2D eigenvalue weighted by Gasteiger charge is -2.19. The van der Waals surface area contributed by atoms with E-state index in [1.165, 1.54) is 11.1 Å². The van der Waals surface area contributed by atoms with E-state index in [1.807, 2.05) is 12.2 Å². The van der Waals surface area contributed by atoms with Crippen molar-refractivity contribution in [3.05, 3.63) is 92.1 Å². The fourth-order valence-electron chi connectivity index (χ4n) is 5.20. The van der Waals surface area contributed by atoms with Crippen molar-refractivity contribution in [3.63, 3.8) is 0 Å². The Morgan fingerprint density at radius 1 is 0.531 bits per heavy atom. The third-order valence-electron chi connectivity index (χ3n) is 6.51. The number of benzene rings is 2. The molecule has 2 aliphatic rings. The van der Waals surface area contributed by atoms with Crippen molar-refractivity contribution in [2.24, 2.45) is 0 Å². The number of likely N-dealkylation sites (N-methyl/N-ethyl adjacent to an activating group) is 2. The lowest BCUT2D eigenvalue weighted by molar-refractivity contribution is -0.124. The summed E-state index contributed by atoms with van der Waals surface area (Å²) in [7, 11) is 3.56. The van der Waals surface area contributed by atoms with Gasteiger partial charge in [-0.05, 0) is 75.9 Å². The van der Waals surface area contributed by atoms with Gasteiger partial charge in [-0.1, -0.05) is 35.4 Å². The molecule has 0 saturated carbocycles. The van der Waals surface area contributed by atoms with E-state index in [1.54, 1.807) is 23.9 Å². The molecule has 0 aromatic heterocycles. The maximum Gasteiger partial charge on any atom is 0.258 e. The van der Waals surface area contributed by atoms with Crippen LogP contribution in [0.1, 0.15) is 44.5 Å². The maximum absolute atomic E-state index is 13.3. The SMILES string of the molecule is Cc1cc(C)c(C2=C/C(=C3/C=C(c4c(C)cc(C)cc4C)N(C)C3=O)C(=O)N2C)c(C)c1. The Balaban J connectivity index is 1.90. The number of nitrogens with zero attached hydrogens (tertiary/aromatic N) is 2. The Kier molecular flexibility index (Phi) is 5.20. The molecule has 4 rings (SSSR count). The van der Waals surface area contributed by atoms with Gasteiger partial charge in [0.15, 0.2) is 0 Å². The topological polar surface area (TPSA) is 40.6 Å². The molecule has 0 atom stereocenters. The standard InChI is InChI=1S/C28H30N2O2/c1-15-9-17(3)25(18(4)10-15)23-13-21(27(31)29(23)7)22-14-24(30(8)28(22)32)26-19(5)11-16(2)12-20(26)6/h9-14H,1-8H3/b22-21+. The molecule has 2 heterocycles. The molecular weight excluding hydrogens is 396 g/mol. The lowest BCUT2D eigenvalue weighted by atomic mass is 9.96. The predicted octanol–water partition coefficient (Wildman–Crippen LogP) is 5.16. The van der Waals surface area contributed by atoms with Crippen molar-refractivity contribution in [2.75, 3.05) is 14.1 Å². The van der Waals surface area contributed by atoms with E-state index < -0.39 is 0 Å². The molecule has 2 aliphatic heterocycles. The molecule has 0 N–H and O–H groups in total. The molecule has 164 valence electrons. The van der Waals surface area contributed by atoms with E-state index in [-0.39, 0.29) is 11.8 Å². The molecule has 0 spiro atoms. The van der Waals surface area contributed by atoms with E-state index in [4.69, 9.17) is 0 Å². The second-order valence-corrected chi connectivity index (χ2v) is 9.16. The highest BCUT2D eigenvalue weighted by atomic mass is 16.2. The zero-order chi connectivity index (χ0) is 23.5. The van der Waals surface area contributed by atoms with E-state index >= 15 is 0 Å². The van der Waals surface area contributed by atoms with Gasteiger partial charge >= 0.3 is 0 Å². The van der Waals surface area contributed by atoms with Crippen LogP contribution in [0.5, 0.6) is 0 Å². The molecule has 0 aliphatic carbocycles. The molecule has 2 amide bonds. The normalized spacial score (nSPS) is 18.6. The summed E-state index contributed by atoms with van der Waals surface area (Å²) in [6, 6.07) is 8.51. The van der Waals surface area contributed by atoms with Crippen LogP contribution in [-0.4, -0.2) is 35.7 Å². The third kappa shape index (κ3) is 3.31. The molecule has 4 nitrogen and oxygen atoms in total. The smallest absolute Gasteiger partial charge is 0.258 e. The van der Waals surface area contributed by atoms with E-state index in [9.17, 15) is 9.59 Å². The average Bonchev–Trinajstić information content (AvgIpc) is 3.12. The quantitative estimate of drug-likeness (QED) is 0.623. The van der Waals surface area contributed by atoms with Gasteiger partial charge in [0.25, 0.3) is 11.8 Å². The predicted molar refractivity (Wildman–Crippen MR) is 130 cm³/mol. The molecule has 0 unspecified atom stereocenters. The maximum atomic E-state index is 13.3. The molecule has 0 fully saturated rings. The zero-order valence-electron chi connectivity index (χ0n) is 20.2. The number of rotatable bonds is 2. The van der Waals surface area contributed by atoms with Gasteiger partial charge in [-0.3, -0.25) is 9.59 Å². The van der Waals surface area contributed by atoms with Crippen molar-refractivity contribution in [1.29, 1.82) is 0 Å². The highest BCUT2D eigenvalue weighted by molar-refractivity contribution is 6.18. The van der Waals surface area contributed by atoms with Crippen LogP contribution < -0.4 is 0 Å². The fourth-order valence-corrected chi connectivity index (χ4v) is 5.20. The van der Waals surface area contributed by atoms with E-state index in [2.05, 4.69) is 65.8 Å². The fraction of sp³-hybridized carbons (Fsp3) is 0.286. The monoisotopic (exact) mass is 426 g/mol. The van der Waals surface area contributed by atoms with Crippen LogP contribution in [0, 0.1) is 41.5 Å². The molecule has 2 aromatic rings. The van der Waals surface area contributed by atoms with Gasteiger partial charge in [-0.25, -0.2) is 0 Å². The Labute approximate surface area is 190 Å². The number of amides is 2. The molecule has 0 radical (unpaired) electrons. The third-order valence-corrected chi connectivity index (χ3v) is 6.51. The van der Waals surface area contributed by atoms with Gasteiger partial charge in [-0.15, -0.1) is 0 Å². The van der Waals surface area contributed by atoms with Crippen LogP contribution in [0.2, 0.25) is 0 Å². The molecule has 32 heavy (non-hydrogen) atoms. The Bertz CT molecular complexity index is 1140. The number of carbonyl (C=O) groups excluding carboxylic acids is 2. The van der Waals surface area contributed by atoms with Crippen molar-refractivity contribution < 1.29 is 9.59 Å². The van der Waals surface area contributed by atoms with Crippen molar-refractivity contribution in [1.82, 2.24) is 9.80 Å². The highest BCUT2D eigenvalue weighted by Crippen LogP contribution is 2.38. The summed E-state index contributed by atoms with van der Waals surface area (Å²) in [5.74, 6) is -0.294. The van der Waals surface area contributed by atoms with Crippen molar-refractivity contribution in [3.8, 4) is 0 Å². The summed E-state index contributed by atoms with van der Waals surface area (Å²) < 4.78 is 0. The summed E-state index contributed by atoms with van der Waals surface area (Å²) in [6.45, 7) is 12.4. The first-order valence-corrected chi connectivity index (χ1v) is 10.9. The average molecular weight is 427 g/mol. The first-order chi connectivity index (χ1) is 15.0. The van der Waals surface area contributed by atoms with Gasteiger partial charge in [0.05, 0.1) is 22.5 Å². The first-order valence-electron chi connectivity index (χ1n) is 10.9. The first kappa shape index (κ1) is 21.8. The minimum absolute atomic E-state index is 0.147. The summed E-state index contributed by atoms with van der Waals surface area (Å²) in [5.41, 5.74) is 11.6. The van der Waals surface area contributed by atoms with Crippen LogP contribution in [0.3, 0.4) is 0 Å². The summed E-state index contributed by atoms with van der Waals surface area (Å²) in [4.78, 5) is 29.8. The van der Waals surface area contributed by atoms with Crippen LogP contribution in [0.4, 0.5) is 0 Å². The molecule has 0 saturated heterocycles. The lowest BCUT2D eigenvalue weighted by Crippen LogP contribution is -2.24. The van der Waals surface area contributed by atoms with Crippen LogP contribution >= 0.6 is 0 Å². The van der Waals surface area contributed by atoms with Crippen molar-refractivity contribution >= 4 is 23.2 Å². The molecular formula is C28H30N2O2. The second kappa shape index (κ2) is 7.63. The van der Waals surface area contributed by atoms with Crippen molar-refractivity contribution in [2.45, 2.75) is 41.5 Å². The minimum atomic E-state index is -0.147. The number of hydrogen-bond acceptors (Lipinski definition) is 2. The van der Waals surface area contributed by atoms with Crippen LogP contribution in [0.25, 0.3) is 11.4 Å². The van der Waals surface area contributed by atoms with E-state index in [0.29, 0.717) is 11.1 Å². The largest absolute Gasteiger partial charge is 0.311 e. The number of aryl methyl sites for hydroxylation is 6. The van der Waals surface area contributed by atoms with Crippen LogP contribution in [0.15, 0.2) is 47.6 Å². The van der Waals surface area contributed by atoms with Gasteiger partial charge in [0, 0.05) is 25.2 Å². The summed E-state index contributed by atoms with van der Waals surface area (Å²) >= 11 is 0. The van der Waals surface area contributed by atoms with Gasteiger partial charge in [0.1, 0.15) is 0 Å². The summed E-state index contributed by atoms with van der Waals surface area (Å²) in [6.07, 6.45) is 3.75. The Morgan fingerprint density at radius 2 is 0.812 bits per heavy atom. The van der Waals surface area contributed by atoms with E-state index in [0.717, 1.165) is 44.8 Å². The number of hydrogen-bond donors (Lipinski definition) is 0. The molecule has 2 aromatic carbocycles.